The molecule has 0 N–H and O–H groups in total. The van der Waals surface area contributed by atoms with Crippen LogP contribution in [0.3, 0.4) is 0 Å². The summed E-state index contributed by atoms with van der Waals surface area (Å²) in [5.74, 6) is 1.13. The number of benzene rings is 8. The summed E-state index contributed by atoms with van der Waals surface area (Å²) >= 11 is 0. The number of rotatable bonds is 11. The first-order valence-electron chi connectivity index (χ1n) is 29.5. The van der Waals surface area contributed by atoms with Crippen molar-refractivity contribution in [2.24, 2.45) is 11.8 Å². The highest BCUT2D eigenvalue weighted by Gasteiger charge is 2.16. The summed E-state index contributed by atoms with van der Waals surface area (Å²) in [5.41, 5.74) is 26.4. The van der Waals surface area contributed by atoms with Crippen molar-refractivity contribution in [3.05, 3.63) is 358 Å². The van der Waals surface area contributed by atoms with Crippen LogP contribution < -0.4 is 0 Å². The highest BCUT2D eigenvalue weighted by atomic mass is 14.6. The van der Waals surface area contributed by atoms with Crippen molar-refractivity contribution in [3.63, 3.8) is 0 Å². The molecule has 418 valence electrons. The van der Waals surface area contributed by atoms with Gasteiger partial charge in [-0.1, -0.05) is 297 Å². The van der Waals surface area contributed by atoms with E-state index in [-0.39, 0.29) is 0 Å². The zero-order valence-electron chi connectivity index (χ0n) is 50.7. The standard InChI is InChI=1S/C41H42.C15H16.C12H11N.2C7H8/c1-5-7-11-35(6-2)36-22-17-33(18-23-36)28-39-26-19-34(29-41(39)40-12-9-8-10-31(40)4)27-32-15-24-38(25-16-32)37-20-13-30(3)14-21-37;1-11-8-9-13(3)15(10-11)14-7-5-4-6-12(14)2;1-10-4-6-11(7-5-10)12-3-2-8-13-9-12;2*1-7-5-3-2-4-6-7/h5-13,15-17,19-26,29-30,33H,1,14,18,27-28H2,2-4H3;4-10H,1-3H3;2-9H,1H3;2*2-6H,1H3/b11-7-,35-6+;;;;. The molecule has 0 saturated carbocycles. The van der Waals surface area contributed by atoms with Crippen LogP contribution >= 0.6 is 0 Å². The molecule has 2 aliphatic carbocycles. The van der Waals surface area contributed by atoms with Gasteiger partial charge in [-0.05, 0) is 188 Å². The molecule has 1 heteroatoms. The SMILES string of the molecule is C=C/C=C\C(=C/C)C1=CCC(Cc2ccc(Cc3ccc(C4=CCC(C)C=C4)cc3)cc2-c2ccccc2C)C=C1.Cc1ccc(-c2cccnc2)cc1.Cc1ccc(C)c(-c2ccccc2C)c1.Cc1ccccc1.Cc1ccccc1. The Morgan fingerprint density at radius 3 is 1.61 bits per heavy atom. The lowest BCUT2D eigenvalue weighted by atomic mass is 9.84. The van der Waals surface area contributed by atoms with Crippen molar-refractivity contribution < 1.29 is 0 Å². The van der Waals surface area contributed by atoms with E-state index in [1.165, 1.54) is 111 Å². The summed E-state index contributed by atoms with van der Waals surface area (Å²) in [7, 11) is 0. The van der Waals surface area contributed by atoms with E-state index in [1.807, 2.05) is 60.8 Å². The molecule has 0 saturated heterocycles. The van der Waals surface area contributed by atoms with Crippen molar-refractivity contribution in [2.45, 2.75) is 88.0 Å². The fourth-order valence-electron chi connectivity index (χ4n) is 10.1. The molecule has 2 atom stereocenters. The first-order valence-corrected chi connectivity index (χ1v) is 29.5. The monoisotopic (exact) mass is 1080 g/mol. The number of aromatic nitrogens is 1. The smallest absolute Gasteiger partial charge is 0.0346 e. The highest BCUT2D eigenvalue weighted by Crippen LogP contribution is 2.34. The van der Waals surface area contributed by atoms with Gasteiger partial charge in [0.05, 0.1) is 0 Å². The summed E-state index contributed by atoms with van der Waals surface area (Å²) in [6.45, 7) is 23.1. The summed E-state index contributed by atoms with van der Waals surface area (Å²) < 4.78 is 0. The van der Waals surface area contributed by atoms with Gasteiger partial charge in [0.2, 0.25) is 0 Å². The van der Waals surface area contributed by atoms with E-state index in [2.05, 4.69) is 286 Å². The molecule has 0 fully saturated rings. The van der Waals surface area contributed by atoms with E-state index >= 15 is 0 Å². The van der Waals surface area contributed by atoms with Crippen LogP contribution in [0.5, 0.6) is 0 Å². The van der Waals surface area contributed by atoms with Crippen LogP contribution in [0.4, 0.5) is 0 Å². The van der Waals surface area contributed by atoms with E-state index in [4.69, 9.17) is 0 Å². The molecule has 1 aromatic heterocycles. The zero-order valence-corrected chi connectivity index (χ0v) is 50.7. The fraction of sp³-hybridized carbons (Fsp3) is 0.183. The van der Waals surface area contributed by atoms with Gasteiger partial charge in [0.15, 0.2) is 0 Å². The molecule has 1 nitrogen and oxygen atoms in total. The topological polar surface area (TPSA) is 12.9 Å². The summed E-state index contributed by atoms with van der Waals surface area (Å²) in [4.78, 5) is 4.08. The van der Waals surface area contributed by atoms with Crippen LogP contribution in [0, 0.1) is 60.3 Å². The van der Waals surface area contributed by atoms with Crippen molar-refractivity contribution >= 4 is 5.57 Å². The van der Waals surface area contributed by atoms with E-state index < -0.39 is 0 Å². The predicted octanol–water partition coefficient (Wildman–Crippen LogP) is 22.3. The normalized spacial score (nSPS) is 14.2. The Labute approximate surface area is 499 Å². The summed E-state index contributed by atoms with van der Waals surface area (Å²) in [6.07, 6.45) is 30.0. The van der Waals surface area contributed by atoms with Gasteiger partial charge in [0.25, 0.3) is 0 Å². The van der Waals surface area contributed by atoms with Gasteiger partial charge >= 0.3 is 0 Å². The first-order chi connectivity index (χ1) is 40.4. The minimum Gasteiger partial charge on any atom is -0.264 e. The van der Waals surface area contributed by atoms with Crippen molar-refractivity contribution in [2.75, 3.05) is 0 Å². The molecule has 8 aromatic carbocycles. The Hall–Kier alpha value is -8.91. The summed E-state index contributed by atoms with van der Waals surface area (Å²) in [6, 6.07) is 73.3. The number of hydrogen-bond acceptors (Lipinski definition) is 1. The van der Waals surface area contributed by atoms with Gasteiger partial charge in [-0.2, -0.15) is 0 Å². The quantitative estimate of drug-likeness (QED) is 0.118. The average molecular weight is 1080 g/mol. The van der Waals surface area contributed by atoms with Crippen LogP contribution in [0.15, 0.2) is 297 Å². The largest absolute Gasteiger partial charge is 0.264 e. The molecular formula is C82H85N. The maximum Gasteiger partial charge on any atom is 0.0346 e. The van der Waals surface area contributed by atoms with Gasteiger partial charge in [-0.15, -0.1) is 0 Å². The third-order valence-corrected chi connectivity index (χ3v) is 15.1. The third kappa shape index (κ3) is 19.7. The minimum atomic E-state index is 0.493. The van der Waals surface area contributed by atoms with E-state index in [0.717, 1.165) is 25.7 Å². The lowest BCUT2D eigenvalue weighted by molar-refractivity contribution is 0.651. The van der Waals surface area contributed by atoms with Gasteiger partial charge in [-0.3, -0.25) is 4.98 Å². The Morgan fingerprint density at radius 1 is 0.494 bits per heavy atom. The predicted molar refractivity (Wildman–Crippen MR) is 362 cm³/mol. The molecule has 0 bridgehead atoms. The number of nitrogens with zero attached hydrogens (tertiary/aromatic N) is 1. The third-order valence-electron chi connectivity index (χ3n) is 15.1. The van der Waals surface area contributed by atoms with Crippen molar-refractivity contribution in [3.8, 4) is 33.4 Å². The molecule has 0 spiro atoms. The Bertz CT molecular complexity index is 3600. The number of pyridine rings is 1. The van der Waals surface area contributed by atoms with Crippen LogP contribution in [0.1, 0.15) is 87.9 Å². The van der Waals surface area contributed by atoms with Crippen LogP contribution in [-0.2, 0) is 12.8 Å². The maximum absolute atomic E-state index is 4.08. The second-order valence-electron chi connectivity index (χ2n) is 22.0. The average Bonchev–Trinajstić information content (AvgIpc) is 3.66. The Kier molecular flexibility index (Phi) is 24.2. The molecule has 0 aliphatic heterocycles. The van der Waals surface area contributed by atoms with Crippen LogP contribution in [-0.4, -0.2) is 4.98 Å². The second-order valence-corrected chi connectivity index (χ2v) is 22.0. The molecule has 11 rings (SSSR count). The molecular weight excluding hydrogens is 999 g/mol. The van der Waals surface area contributed by atoms with Crippen molar-refractivity contribution in [1.82, 2.24) is 4.98 Å². The molecule has 0 amide bonds. The van der Waals surface area contributed by atoms with Gasteiger partial charge < -0.3 is 0 Å². The van der Waals surface area contributed by atoms with Gasteiger partial charge in [-0.25, -0.2) is 0 Å². The lowest BCUT2D eigenvalue weighted by Crippen LogP contribution is -2.06. The molecule has 1 heterocycles. The minimum absolute atomic E-state index is 0.493. The fourth-order valence-corrected chi connectivity index (χ4v) is 10.1. The van der Waals surface area contributed by atoms with Crippen LogP contribution in [0.2, 0.25) is 0 Å². The molecule has 2 unspecified atom stereocenters. The first kappa shape index (κ1) is 61.7. The maximum atomic E-state index is 4.08. The van der Waals surface area contributed by atoms with Gasteiger partial charge in [0, 0.05) is 12.4 Å². The number of hydrogen-bond donors (Lipinski definition) is 0. The Balaban J connectivity index is 0.000000188. The van der Waals surface area contributed by atoms with E-state index in [1.54, 1.807) is 6.20 Å². The molecule has 2 aliphatic rings. The van der Waals surface area contributed by atoms with Crippen molar-refractivity contribution in [1.29, 1.82) is 0 Å². The molecule has 0 radical (unpaired) electrons. The molecule has 83 heavy (non-hydrogen) atoms. The van der Waals surface area contributed by atoms with Gasteiger partial charge in [0.1, 0.15) is 0 Å². The van der Waals surface area contributed by atoms with Crippen LogP contribution in [0.25, 0.3) is 39.0 Å². The molecule has 9 aromatic rings. The Morgan fingerprint density at radius 2 is 1.07 bits per heavy atom. The number of aryl methyl sites for hydroxylation is 7. The highest BCUT2D eigenvalue weighted by molar-refractivity contribution is 5.76. The lowest BCUT2D eigenvalue weighted by Gasteiger charge is -2.20. The zero-order chi connectivity index (χ0) is 58.8. The number of allylic oxidation sites excluding steroid dienone is 13. The summed E-state index contributed by atoms with van der Waals surface area (Å²) in [5, 5.41) is 0. The van der Waals surface area contributed by atoms with E-state index in [9.17, 15) is 0 Å². The second kappa shape index (κ2) is 32.5. The van der Waals surface area contributed by atoms with E-state index in [0.29, 0.717) is 11.8 Å².